The molecule has 1 heterocycles. The molecule has 0 bridgehead atoms. The second-order valence-corrected chi connectivity index (χ2v) is 5.44. The number of carbonyl (C=O) groups is 2. The van der Waals surface area contributed by atoms with Crippen LogP contribution in [0.25, 0.3) is 6.08 Å². The Morgan fingerprint density at radius 1 is 1.29 bits per heavy atom. The molecule has 3 N–H and O–H groups in total. The maximum Gasteiger partial charge on any atom is 0.328 e. The van der Waals surface area contributed by atoms with E-state index < -0.39 is 5.97 Å². The molecule has 0 aromatic heterocycles. The van der Waals surface area contributed by atoms with Gasteiger partial charge in [-0.05, 0) is 43.5 Å². The van der Waals surface area contributed by atoms with Crippen LogP contribution in [0.3, 0.4) is 0 Å². The summed E-state index contributed by atoms with van der Waals surface area (Å²) in [6.45, 7) is 2.77. The van der Waals surface area contributed by atoms with E-state index in [9.17, 15) is 9.59 Å². The molecule has 1 aliphatic heterocycles. The van der Waals surface area contributed by atoms with E-state index in [4.69, 9.17) is 10.8 Å². The molecule has 5 nitrogen and oxygen atoms in total. The number of rotatable bonds is 4. The highest BCUT2D eigenvalue weighted by atomic mass is 16.4. The quantitative estimate of drug-likeness (QED) is 0.828. The van der Waals surface area contributed by atoms with E-state index >= 15 is 0 Å². The SMILES string of the molecule is CC1CCC(C(N)=O)CN1c1ccc(C=CC(=O)O)cc1. The Balaban J connectivity index is 2.13. The highest BCUT2D eigenvalue weighted by Crippen LogP contribution is 2.27. The molecule has 1 amide bonds. The Morgan fingerprint density at radius 3 is 2.52 bits per heavy atom. The van der Waals surface area contributed by atoms with Crippen LogP contribution < -0.4 is 10.6 Å². The number of carbonyl (C=O) groups excluding carboxylic acids is 1. The summed E-state index contributed by atoms with van der Waals surface area (Å²) in [6.07, 6.45) is 4.44. The molecule has 1 fully saturated rings. The zero-order valence-corrected chi connectivity index (χ0v) is 12.0. The van der Waals surface area contributed by atoms with Gasteiger partial charge in [-0.2, -0.15) is 0 Å². The Bertz CT molecular complexity index is 551. The molecule has 0 saturated carbocycles. The van der Waals surface area contributed by atoms with E-state index in [1.165, 1.54) is 0 Å². The Hall–Kier alpha value is -2.30. The first-order valence-electron chi connectivity index (χ1n) is 7.04. The molecular formula is C16H20N2O3. The van der Waals surface area contributed by atoms with Gasteiger partial charge < -0.3 is 15.7 Å². The maximum atomic E-state index is 11.4. The smallest absolute Gasteiger partial charge is 0.328 e. The van der Waals surface area contributed by atoms with Crippen LogP contribution in [0, 0.1) is 5.92 Å². The number of nitrogens with two attached hydrogens (primary N) is 1. The van der Waals surface area contributed by atoms with E-state index in [0.717, 1.165) is 30.2 Å². The number of nitrogens with zero attached hydrogens (tertiary/aromatic N) is 1. The van der Waals surface area contributed by atoms with Crippen molar-refractivity contribution in [2.24, 2.45) is 11.7 Å². The van der Waals surface area contributed by atoms with E-state index in [1.54, 1.807) is 6.08 Å². The number of carboxylic acids is 1. The number of piperidine rings is 1. The van der Waals surface area contributed by atoms with Crippen LogP contribution in [0.4, 0.5) is 5.69 Å². The van der Waals surface area contributed by atoms with Crippen molar-refractivity contribution in [1.29, 1.82) is 0 Å². The maximum absolute atomic E-state index is 11.4. The van der Waals surface area contributed by atoms with E-state index in [2.05, 4.69) is 11.8 Å². The molecule has 2 atom stereocenters. The fourth-order valence-corrected chi connectivity index (χ4v) is 2.64. The zero-order valence-electron chi connectivity index (χ0n) is 12.0. The first kappa shape index (κ1) is 15.1. The van der Waals surface area contributed by atoms with Crippen molar-refractivity contribution in [3.05, 3.63) is 35.9 Å². The van der Waals surface area contributed by atoms with E-state index in [-0.39, 0.29) is 11.8 Å². The molecule has 0 spiro atoms. The minimum atomic E-state index is -0.965. The summed E-state index contributed by atoms with van der Waals surface area (Å²) in [7, 11) is 0. The van der Waals surface area contributed by atoms with Crippen molar-refractivity contribution < 1.29 is 14.7 Å². The third-order valence-corrected chi connectivity index (χ3v) is 3.93. The number of hydrogen-bond donors (Lipinski definition) is 2. The second-order valence-electron chi connectivity index (χ2n) is 5.44. The highest BCUT2D eigenvalue weighted by Gasteiger charge is 2.28. The van der Waals surface area contributed by atoms with Gasteiger partial charge >= 0.3 is 5.97 Å². The molecule has 21 heavy (non-hydrogen) atoms. The van der Waals surface area contributed by atoms with Crippen molar-refractivity contribution in [1.82, 2.24) is 0 Å². The third-order valence-electron chi connectivity index (χ3n) is 3.93. The van der Waals surface area contributed by atoms with Crippen LogP contribution >= 0.6 is 0 Å². The first-order chi connectivity index (χ1) is 9.97. The van der Waals surface area contributed by atoms with Crippen molar-refractivity contribution >= 4 is 23.6 Å². The van der Waals surface area contributed by atoms with Crippen molar-refractivity contribution in [3.63, 3.8) is 0 Å². The summed E-state index contributed by atoms with van der Waals surface area (Å²) in [5.74, 6) is -1.31. The van der Waals surface area contributed by atoms with Gasteiger partial charge in [-0.3, -0.25) is 4.79 Å². The molecule has 2 unspecified atom stereocenters. The van der Waals surface area contributed by atoms with Gasteiger partial charge in [-0.1, -0.05) is 12.1 Å². The van der Waals surface area contributed by atoms with Crippen molar-refractivity contribution in [2.45, 2.75) is 25.8 Å². The molecular weight excluding hydrogens is 268 g/mol. The van der Waals surface area contributed by atoms with E-state index in [0.29, 0.717) is 12.6 Å². The number of benzene rings is 1. The van der Waals surface area contributed by atoms with Gasteiger partial charge in [0, 0.05) is 24.4 Å². The molecule has 1 aromatic carbocycles. The number of carboxylic acid groups (broad SMARTS) is 1. The normalized spacial score (nSPS) is 22.4. The van der Waals surface area contributed by atoms with Gasteiger partial charge in [-0.15, -0.1) is 0 Å². The average Bonchev–Trinajstić information content (AvgIpc) is 2.46. The van der Waals surface area contributed by atoms with Crippen LogP contribution in [0.15, 0.2) is 30.3 Å². The van der Waals surface area contributed by atoms with Crippen molar-refractivity contribution in [3.8, 4) is 0 Å². The standard InChI is InChI=1S/C16H20N2O3/c1-11-2-6-13(16(17)21)10-18(11)14-7-3-12(4-8-14)5-9-15(19)20/h3-5,7-9,11,13H,2,6,10H2,1H3,(H2,17,21)(H,19,20). The largest absolute Gasteiger partial charge is 0.478 e. The number of aliphatic carboxylic acids is 1. The number of primary amides is 1. The predicted octanol–water partition coefficient (Wildman–Crippen LogP) is 1.87. The molecule has 0 radical (unpaired) electrons. The molecule has 1 aromatic rings. The number of amides is 1. The topological polar surface area (TPSA) is 83.6 Å². The molecule has 5 heteroatoms. The van der Waals surface area contributed by atoms with Crippen LogP contribution in [-0.4, -0.2) is 29.6 Å². The number of anilines is 1. The lowest BCUT2D eigenvalue weighted by atomic mass is 9.92. The summed E-state index contributed by atoms with van der Waals surface area (Å²) in [4.78, 5) is 24.0. The molecule has 112 valence electrons. The Kier molecular flexibility index (Phi) is 4.62. The Morgan fingerprint density at radius 2 is 1.95 bits per heavy atom. The fourth-order valence-electron chi connectivity index (χ4n) is 2.64. The summed E-state index contributed by atoms with van der Waals surface area (Å²) in [5.41, 5.74) is 7.27. The molecule has 1 aliphatic rings. The van der Waals surface area contributed by atoms with E-state index in [1.807, 2.05) is 24.3 Å². The average molecular weight is 288 g/mol. The van der Waals surface area contributed by atoms with Gasteiger partial charge in [0.05, 0.1) is 5.92 Å². The minimum absolute atomic E-state index is 0.104. The van der Waals surface area contributed by atoms with Gasteiger partial charge in [-0.25, -0.2) is 4.79 Å². The lowest BCUT2D eigenvalue weighted by molar-refractivity contribution is -0.131. The molecule has 2 rings (SSSR count). The summed E-state index contributed by atoms with van der Waals surface area (Å²) < 4.78 is 0. The highest BCUT2D eigenvalue weighted by molar-refractivity contribution is 5.85. The van der Waals surface area contributed by atoms with Crippen LogP contribution in [0.1, 0.15) is 25.3 Å². The van der Waals surface area contributed by atoms with Gasteiger partial charge in [0.2, 0.25) is 5.91 Å². The minimum Gasteiger partial charge on any atom is -0.478 e. The van der Waals surface area contributed by atoms with Gasteiger partial charge in [0.25, 0.3) is 0 Å². The lowest BCUT2D eigenvalue weighted by Crippen LogP contribution is -2.45. The summed E-state index contributed by atoms with van der Waals surface area (Å²) in [5, 5.41) is 8.61. The van der Waals surface area contributed by atoms with Gasteiger partial charge in [0.15, 0.2) is 0 Å². The predicted molar refractivity (Wildman–Crippen MR) is 81.8 cm³/mol. The fraction of sp³-hybridized carbons (Fsp3) is 0.375. The van der Waals surface area contributed by atoms with Gasteiger partial charge in [0.1, 0.15) is 0 Å². The lowest BCUT2D eigenvalue weighted by Gasteiger charge is -2.38. The number of hydrogen-bond acceptors (Lipinski definition) is 3. The second kappa shape index (κ2) is 6.43. The van der Waals surface area contributed by atoms with Crippen LogP contribution in [0.5, 0.6) is 0 Å². The molecule has 0 aliphatic carbocycles. The Labute approximate surface area is 124 Å². The first-order valence-corrected chi connectivity index (χ1v) is 7.04. The third kappa shape index (κ3) is 3.84. The van der Waals surface area contributed by atoms with Crippen LogP contribution in [0.2, 0.25) is 0 Å². The molecule has 1 saturated heterocycles. The summed E-state index contributed by atoms with van der Waals surface area (Å²) >= 11 is 0. The van der Waals surface area contributed by atoms with Crippen LogP contribution in [-0.2, 0) is 9.59 Å². The van der Waals surface area contributed by atoms with Crippen molar-refractivity contribution in [2.75, 3.05) is 11.4 Å². The zero-order chi connectivity index (χ0) is 15.4. The summed E-state index contributed by atoms with van der Waals surface area (Å²) in [6, 6.07) is 7.99. The monoisotopic (exact) mass is 288 g/mol.